The average Bonchev–Trinajstić information content (AvgIpc) is 2.43. The van der Waals surface area contributed by atoms with Crippen molar-refractivity contribution in [2.75, 3.05) is 0 Å². The van der Waals surface area contributed by atoms with Crippen molar-refractivity contribution in [3.05, 3.63) is 63.1 Å². The molecule has 2 aromatic carbocycles. The molecule has 1 N–H and O–H groups in total. The van der Waals surface area contributed by atoms with Gasteiger partial charge < -0.3 is 9.84 Å². The van der Waals surface area contributed by atoms with Gasteiger partial charge in [0, 0.05) is 16.7 Å². The molecular formula is C15H9Cl3O3. The van der Waals surface area contributed by atoms with E-state index >= 15 is 0 Å². The van der Waals surface area contributed by atoms with Crippen molar-refractivity contribution in [2.45, 2.75) is 0 Å². The Kier molecular flexibility index (Phi) is 5.12. The average molecular weight is 344 g/mol. The number of hydrogen-bond donors (Lipinski definition) is 1. The third kappa shape index (κ3) is 4.14. The van der Waals surface area contributed by atoms with Gasteiger partial charge in [-0.15, -0.1) is 0 Å². The van der Waals surface area contributed by atoms with E-state index in [1.54, 1.807) is 36.4 Å². The number of carbonyl (C=O) groups is 1. The first-order valence-electron chi connectivity index (χ1n) is 5.80. The Morgan fingerprint density at radius 3 is 2.57 bits per heavy atom. The van der Waals surface area contributed by atoms with Crippen LogP contribution < -0.4 is 4.74 Å². The summed E-state index contributed by atoms with van der Waals surface area (Å²) in [5.41, 5.74) is 0.515. The molecule has 0 aliphatic carbocycles. The van der Waals surface area contributed by atoms with Crippen LogP contribution in [-0.4, -0.2) is 11.1 Å². The number of halogens is 3. The van der Waals surface area contributed by atoms with Gasteiger partial charge in [0.1, 0.15) is 16.5 Å². The minimum absolute atomic E-state index is 0.280. The van der Waals surface area contributed by atoms with E-state index in [1.807, 2.05) is 0 Å². The van der Waals surface area contributed by atoms with Crippen LogP contribution in [0.4, 0.5) is 0 Å². The minimum atomic E-state index is -1.07. The van der Waals surface area contributed by atoms with E-state index in [0.29, 0.717) is 27.1 Å². The SMILES string of the molecule is O=C(O)/C=C/c1cc(Cl)ccc1Oc1cccc(Cl)c1Cl. The van der Waals surface area contributed by atoms with Crippen LogP contribution in [-0.2, 0) is 4.79 Å². The first-order valence-corrected chi connectivity index (χ1v) is 6.93. The second-order valence-corrected chi connectivity index (χ2v) is 5.23. The smallest absolute Gasteiger partial charge is 0.328 e. The van der Waals surface area contributed by atoms with E-state index < -0.39 is 5.97 Å². The second-order valence-electron chi connectivity index (χ2n) is 4.01. The van der Waals surface area contributed by atoms with Crippen LogP contribution in [0.2, 0.25) is 15.1 Å². The van der Waals surface area contributed by atoms with Crippen LogP contribution in [0.1, 0.15) is 5.56 Å². The maximum absolute atomic E-state index is 10.6. The maximum Gasteiger partial charge on any atom is 0.328 e. The zero-order valence-corrected chi connectivity index (χ0v) is 12.8. The highest BCUT2D eigenvalue weighted by atomic mass is 35.5. The van der Waals surface area contributed by atoms with Crippen molar-refractivity contribution >= 4 is 46.8 Å². The number of hydrogen-bond acceptors (Lipinski definition) is 2. The lowest BCUT2D eigenvalue weighted by atomic mass is 10.2. The van der Waals surface area contributed by atoms with Gasteiger partial charge in [-0.1, -0.05) is 40.9 Å². The topological polar surface area (TPSA) is 46.5 Å². The number of rotatable bonds is 4. The van der Waals surface area contributed by atoms with Crippen molar-refractivity contribution in [1.82, 2.24) is 0 Å². The fourth-order valence-corrected chi connectivity index (χ4v) is 2.10. The normalized spacial score (nSPS) is 10.8. The van der Waals surface area contributed by atoms with Crippen LogP contribution in [0.25, 0.3) is 6.08 Å². The van der Waals surface area contributed by atoms with E-state index in [2.05, 4.69) is 0 Å². The van der Waals surface area contributed by atoms with Gasteiger partial charge in [-0.05, 0) is 36.4 Å². The highest BCUT2D eigenvalue weighted by molar-refractivity contribution is 6.42. The van der Waals surface area contributed by atoms with Crippen LogP contribution in [0.15, 0.2) is 42.5 Å². The Morgan fingerprint density at radius 1 is 1.10 bits per heavy atom. The highest BCUT2D eigenvalue weighted by Crippen LogP contribution is 2.36. The van der Waals surface area contributed by atoms with Crippen LogP contribution in [0, 0.1) is 0 Å². The third-order valence-corrected chi connectivity index (χ3v) is 3.55. The molecule has 0 aliphatic rings. The molecular weight excluding hydrogens is 335 g/mol. The first-order chi connectivity index (χ1) is 9.97. The van der Waals surface area contributed by atoms with Crippen molar-refractivity contribution in [3.8, 4) is 11.5 Å². The molecule has 108 valence electrons. The lowest BCUT2D eigenvalue weighted by molar-refractivity contribution is -0.131. The minimum Gasteiger partial charge on any atom is -0.478 e. The standard InChI is InChI=1S/C15H9Cl3O3/c16-10-5-6-12(9(8-10)4-7-14(19)20)21-13-3-1-2-11(17)15(13)18/h1-8H,(H,19,20)/b7-4+. The predicted octanol–water partition coefficient (Wildman–Crippen LogP) is 5.54. The summed E-state index contributed by atoms with van der Waals surface area (Å²) in [4.78, 5) is 10.6. The van der Waals surface area contributed by atoms with Crippen molar-refractivity contribution in [1.29, 1.82) is 0 Å². The number of carboxylic acid groups (broad SMARTS) is 1. The molecule has 0 fully saturated rings. The zero-order valence-electron chi connectivity index (χ0n) is 10.5. The van der Waals surface area contributed by atoms with Gasteiger partial charge in [0.15, 0.2) is 0 Å². The molecule has 0 saturated heterocycles. The molecule has 21 heavy (non-hydrogen) atoms. The molecule has 0 atom stereocenters. The molecule has 0 spiro atoms. The number of ether oxygens (including phenoxy) is 1. The Bertz CT molecular complexity index is 711. The highest BCUT2D eigenvalue weighted by Gasteiger charge is 2.09. The summed E-state index contributed by atoms with van der Waals surface area (Å²) >= 11 is 17.9. The molecule has 0 aliphatic heterocycles. The lowest BCUT2D eigenvalue weighted by Gasteiger charge is -2.11. The summed E-state index contributed by atoms with van der Waals surface area (Å²) in [6, 6.07) is 9.85. The van der Waals surface area contributed by atoms with Gasteiger partial charge >= 0.3 is 5.97 Å². The summed E-state index contributed by atoms with van der Waals surface area (Å²) in [7, 11) is 0. The first kappa shape index (κ1) is 15.7. The molecule has 3 nitrogen and oxygen atoms in total. The van der Waals surface area contributed by atoms with E-state index in [9.17, 15) is 4.79 Å². The van der Waals surface area contributed by atoms with Crippen LogP contribution in [0.5, 0.6) is 11.5 Å². The summed E-state index contributed by atoms with van der Waals surface area (Å²) in [6.45, 7) is 0. The van der Waals surface area contributed by atoms with Crippen molar-refractivity contribution in [3.63, 3.8) is 0 Å². The fourth-order valence-electron chi connectivity index (χ4n) is 1.58. The molecule has 0 amide bonds. The Hall–Kier alpha value is -1.68. The predicted molar refractivity (Wildman–Crippen MR) is 84.7 cm³/mol. The molecule has 0 radical (unpaired) electrons. The summed E-state index contributed by atoms with van der Waals surface area (Å²) in [6.07, 6.45) is 2.39. The molecule has 0 saturated carbocycles. The van der Waals surface area contributed by atoms with Gasteiger partial charge in [-0.25, -0.2) is 4.79 Å². The fraction of sp³-hybridized carbons (Fsp3) is 0. The van der Waals surface area contributed by atoms with Crippen LogP contribution in [0.3, 0.4) is 0 Å². The van der Waals surface area contributed by atoms with Gasteiger partial charge in [-0.2, -0.15) is 0 Å². The molecule has 2 aromatic rings. The molecule has 0 heterocycles. The number of aliphatic carboxylic acids is 1. The lowest BCUT2D eigenvalue weighted by Crippen LogP contribution is -1.90. The van der Waals surface area contributed by atoms with E-state index in [1.165, 1.54) is 6.08 Å². The Balaban J connectivity index is 2.39. The summed E-state index contributed by atoms with van der Waals surface area (Å²) in [5.74, 6) is -0.278. The molecule has 0 aromatic heterocycles. The van der Waals surface area contributed by atoms with E-state index in [4.69, 9.17) is 44.6 Å². The van der Waals surface area contributed by atoms with Gasteiger partial charge in [0.05, 0.1) is 5.02 Å². The van der Waals surface area contributed by atoms with Crippen molar-refractivity contribution in [2.24, 2.45) is 0 Å². The van der Waals surface area contributed by atoms with Crippen LogP contribution >= 0.6 is 34.8 Å². The number of carboxylic acids is 1. The largest absolute Gasteiger partial charge is 0.478 e. The monoisotopic (exact) mass is 342 g/mol. The van der Waals surface area contributed by atoms with Crippen molar-refractivity contribution < 1.29 is 14.6 Å². The Labute approximate surface area is 136 Å². The van der Waals surface area contributed by atoms with Gasteiger partial charge in [0.25, 0.3) is 0 Å². The molecule has 2 rings (SSSR count). The molecule has 0 unspecified atom stereocenters. The maximum atomic E-state index is 10.6. The molecule has 6 heteroatoms. The summed E-state index contributed by atoms with van der Waals surface area (Å²) < 4.78 is 5.69. The van der Waals surface area contributed by atoms with E-state index in [0.717, 1.165) is 6.08 Å². The second kappa shape index (κ2) is 6.85. The third-order valence-electron chi connectivity index (χ3n) is 2.51. The van der Waals surface area contributed by atoms with Gasteiger partial charge in [0.2, 0.25) is 0 Å². The summed E-state index contributed by atoms with van der Waals surface area (Å²) in [5, 5.41) is 9.81. The number of benzene rings is 2. The van der Waals surface area contributed by atoms with E-state index in [-0.39, 0.29) is 5.02 Å². The van der Waals surface area contributed by atoms with Gasteiger partial charge in [-0.3, -0.25) is 0 Å². The quantitative estimate of drug-likeness (QED) is 0.742. The zero-order chi connectivity index (χ0) is 15.4. The Morgan fingerprint density at radius 2 is 1.86 bits per heavy atom. The molecule has 0 bridgehead atoms.